The van der Waals surface area contributed by atoms with Gasteiger partial charge in [0.1, 0.15) is 6.04 Å². The van der Waals surface area contributed by atoms with Crippen LogP contribution in [0.4, 0.5) is 4.79 Å². The molecule has 1 unspecified atom stereocenters. The number of likely N-dealkylation sites (N-methyl/N-ethyl adjacent to an activating group) is 1. The highest BCUT2D eigenvalue weighted by atomic mass is 16.2. The van der Waals surface area contributed by atoms with E-state index >= 15 is 0 Å². The summed E-state index contributed by atoms with van der Waals surface area (Å²) in [5.74, 6) is -0.0686. The highest BCUT2D eigenvalue weighted by Crippen LogP contribution is 2.11. The van der Waals surface area contributed by atoms with Crippen LogP contribution in [0, 0.1) is 0 Å². The molecule has 13 heavy (non-hydrogen) atoms. The van der Waals surface area contributed by atoms with Crippen LogP contribution in [0.5, 0.6) is 0 Å². The minimum Gasteiger partial charge on any atom is -0.326 e. The first-order valence-corrected chi connectivity index (χ1v) is 4.82. The molecule has 1 heterocycles. The lowest BCUT2D eigenvalue weighted by Crippen LogP contribution is -2.31. The van der Waals surface area contributed by atoms with Gasteiger partial charge in [-0.25, -0.2) is 4.79 Å². The van der Waals surface area contributed by atoms with Crippen LogP contribution in [0.25, 0.3) is 0 Å². The van der Waals surface area contributed by atoms with Gasteiger partial charge in [-0.1, -0.05) is 19.8 Å². The Kier molecular flexibility index (Phi) is 3.28. The molecule has 0 aromatic carbocycles. The Morgan fingerprint density at radius 2 is 2.08 bits per heavy atom. The molecule has 0 bridgehead atoms. The molecule has 1 N–H and O–H groups in total. The summed E-state index contributed by atoms with van der Waals surface area (Å²) in [5, 5.41) is 2.68. The van der Waals surface area contributed by atoms with Crippen molar-refractivity contribution in [3.05, 3.63) is 0 Å². The molecule has 4 nitrogen and oxygen atoms in total. The normalized spacial score (nSPS) is 22.3. The van der Waals surface area contributed by atoms with Crippen LogP contribution in [0.2, 0.25) is 0 Å². The number of rotatable bonds is 4. The number of urea groups is 1. The number of carbonyl (C=O) groups excluding carboxylic acids is 2. The van der Waals surface area contributed by atoms with Crippen LogP contribution in [0.3, 0.4) is 0 Å². The molecule has 1 rings (SSSR count). The molecule has 1 aliphatic rings. The number of nitrogens with one attached hydrogen (secondary N) is 1. The lowest BCUT2D eigenvalue weighted by molar-refractivity contribution is -0.127. The maximum absolute atomic E-state index is 11.5. The fourth-order valence-corrected chi connectivity index (χ4v) is 1.48. The van der Waals surface area contributed by atoms with E-state index in [1.165, 1.54) is 4.90 Å². The number of hydrogen-bond donors (Lipinski definition) is 1. The molecule has 3 amide bonds. The molecule has 0 aliphatic carbocycles. The molecule has 74 valence electrons. The second-order valence-corrected chi connectivity index (χ2v) is 3.23. The number of carbonyl (C=O) groups is 2. The van der Waals surface area contributed by atoms with Crippen LogP contribution >= 0.6 is 0 Å². The van der Waals surface area contributed by atoms with Gasteiger partial charge in [0.05, 0.1) is 0 Å². The van der Waals surface area contributed by atoms with E-state index in [9.17, 15) is 9.59 Å². The number of imide groups is 1. The first kappa shape index (κ1) is 10.0. The van der Waals surface area contributed by atoms with E-state index in [2.05, 4.69) is 12.2 Å². The average molecular weight is 184 g/mol. The second kappa shape index (κ2) is 4.25. The maximum Gasteiger partial charge on any atom is 0.324 e. The van der Waals surface area contributed by atoms with Crippen LogP contribution in [-0.2, 0) is 4.79 Å². The van der Waals surface area contributed by atoms with Crippen molar-refractivity contribution in [2.24, 2.45) is 0 Å². The van der Waals surface area contributed by atoms with Crippen LogP contribution in [0.15, 0.2) is 0 Å². The van der Waals surface area contributed by atoms with E-state index in [1.807, 2.05) is 0 Å². The third kappa shape index (κ3) is 1.99. The Balaban J connectivity index is 2.52. The molecule has 0 aromatic rings. The molecule has 0 radical (unpaired) electrons. The first-order chi connectivity index (χ1) is 6.20. The molecule has 1 fully saturated rings. The molecule has 1 saturated heterocycles. The van der Waals surface area contributed by atoms with Crippen molar-refractivity contribution in [3.63, 3.8) is 0 Å². The topological polar surface area (TPSA) is 49.4 Å². The van der Waals surface area contributed by atoms with Crippen molar-refractivity contribution in [1.82, 2.24) is 10.2 Å². The molecular formula is C9H16N2O2. The van der Waals surface area contributed by atoms with Crippen molar-refractivity contribution < 1.29 is 9.59 Å². The number of hydrogen-bond acceptors (Lipinski definition) is 2. The maximum atomic E-state index is 11.5. The van der Waals surface area contributed by atoms with Crippen molar-refractivity contribution in [3.8, 4) is 0 Å². The van der Waals surface area contributed by atoms with E-state index in [1.54, 1.807) is 6.92 Å². The van der Waals surface area contributed by atoms with Crippen LogP contribution in [-0.4, -0.2) is 29.4 Å². The Labute approximate surface area is 78.3 Å². The second-order valence-electron chi connectivity index (χ2n) is 3.23. The van der Waals surface area contributed by atoms with Gasteiger partial charge >= 0.3 is 6.03 Å². The van der Waals surface area contributed by atoms with E-state index in [0.717, 1.165) is 19.3 Å². The fraction of sp³-hybridized carbons (Fsp3) is 0.778. The van der Waals surface area contributed by atoms with E-state index in [0.29, 0.717) is 6.54 Å². The monoisotopic (exact) mass is 184 g/mol. The van der Waals surface area contributed by atoms with Gasteiger partial charge in [0.25, 0.3) is 5.91 Å². The summed E-state index contributed by atoms with van der Waals surface area (Å²) in [5.41, 5.74) is 0. The molecule has 0 aromatic heterocycles. The molecule has 0 spiro atoms. The lowest BCUT2D eigenvalue weighted by atomic mass is 10.1. The van der Waals surface area contributed by atoms with Gasteiger partial charge in [0.15, 0.2) is 0 Å². The SMILES string of the molecule is CCCCC1NC(=O)N(CC)C1=O. The number of nitrogens with zero attached hydrogens (tertiary/aromatic N) is 1. The van der Waals surface area contributed by atoms with Crippen molar-refractivity contribution >= 4 is 11.9 Å². The molecular weight excluding hydrogens is 168 g/mol. The Bertz CT molecular complexity index is 216. The molecule has 0 saturated carbocycles. The Morgan fingerprint density at radius 3 is 2.54 bits per heavy atom. The number of unbranched alkanes of at least 4 members (excludes halogenated alkanes) is 1. The third-order valence-corrected chi connectivity index (χ3v) is 2.27. The summed E-state index contributed by atoms with van der Waals surface area (Å²) in [4.78, 5) is 23.9. The summed E-state index contributed by atoms with van der Waals surface area (Å²) >= 11 is 0. The van der Waals surface area contributed by atoms with Gasteiger partial charge in [-0.3, -0.25) is 9.69 Å². The fourth-order valence-electron chi connectivity index (χ4n) is 1.48. The Morgan fingerprint density at radius 1 is 1.38 bits per heavy atom. The first-order valence-electron chi connectivity index (χ1n) is 4.82. The van der Waals surface area contributed by atoms with Crippen molar-refractivity contribution in [1.29, 1.82) is 0 Å². The lowest BCUT2D eigenvalue weighted by Gasteiger charge is -2.08. The smallest absolute Gasteiger partial charge is 0.324 e. The molecule has 1 atom stereocenters. The minimum absolute atomic E-state index is 0.0686. The van der Waals surface area contributed by atoms with Gasteiger partial charge < -0.3 is 5.32 Å². The summed E-state index contributed by atoms with van der Waals surface area (Å²) in [6.45, 7) is 4.34. The minimum atomic E-state index is -0.271. The van der Waals surface area contributed by atoms with E-state index < -0.39 is 0 Å². The average Bonchev–Trinajstić information content (AvgIpc) is 2.38. The van der Waals surface area contributed by atoms with E-state index in [-0.39, 0.29) is 18.0 Å². The highest BCUT2D eigenvalue weighted by Gasteiger charge is 2.35. The number of amides is 3. The summed E-state index contributed by atoms with van der Waals surface area (Å²) in [7, 11) is 0. The zero-order chi connectivity index (χ0) is 9.84. The van der Waals surface area contributed by atoms with Crippen molar-refractivity contribution in [2.75, 3.05) is 6.54 Å². The predicted molar refractivity (Wildman–Crippen MR) is 49.2 cm³/mol. The Hall–Kier alpha value is -1.06. The van der Waals surface area contributed by atoms with E-state index in [4.69, 9.17) is 0 Å². The molecule has 4 heteroatoms. The van der Waals surface area contributed by atoms with Gasteiger partial charge in [0, 0.05) is 6.54 Å². The zero-order valence-electron chi connectivity index (χ0n) is 8.17. The quantitative estimate of drug-likeness (QED) is 0.665. The highest BCUT2D eigenvalue weighted by molar-refractivity contribution is 6.04. The summed E-state index contributed by atoms with van der Waals surface area (Å²) in [6.07, 6.45) is 2.79. The van der Waals surface area contributed by atoms with Gasteiger partial charge in [-0.05, 0) is 13.3 Å². The standard InChI is InChI=1S/C9H16N2O2/c1-3-5-6-7-8(12)11(4-2)9(13)10-7/h7H,3-6H2,1-2H3,(H,10,13). The predicted octanol–water partition coefficient (Wildman–Crippen LogP) is 1.12. The summed E-state index contributed by atoms with van der Waals surface area (Å²) < 4.78 is 0. The van der Waals surface area contributed by atoms with Crippen molar-refractivity contribution in [2.45, 2.75) is 39.2 Å². The largest absolute Gasteiger partial charge is 0.326 e. The van der Waals surface area contributed by atoms with Gasteiger partial charge in [-0.2, -0.15) is 0 Å². The van der Waals surface area contributed by atoms with Crippen LogP contribution < -0.4 is 5.32 Å². The zero-order valence-corrected chi connectivity index (χ0v) is 8.17. The van der Waals surface area contributed by atoms with Crippen LogP contribution in [0.1, 0.15) is 33.1 Å². The summed E-state index contributed by atoms with van der Waals surface area (Å²) in [6, 6.07) is -0.513. The van der Waals surface area contributed by atoms with Gasteiger partial charge in [0.2, 0.25) is 0 Å². The molecule has 1 aliphatic heterocycles. The third-order valence-electron chi connectivity index (χ3n) is 2.27. The van der Waals surface area contributed by atoms with Gasteiger partial charge in [-0.15, -0.1) is 0 Å².